The van der Waals surface area contributed by atoms with Crippen LogP contribution in [0.2, 0.25) is 0 Å². The molecule has 0 aliphatic carbocycles. The van der Waals surface area contributed by atoms with E-state index in [0.29, 0.717) is 24.1 Å². The molecular weight excluding hydrogens is 384 g/mol. The minimum atomic E-state index is 0.00122. The Morgan fingerprint density at radius 2 is 1.72 bits per heavy atom. The number of aromatic amines is 1. The van der Waals surface area contributed by atoms with Gasteiger partial charge < -0.3 is 9.32 Å². The first-order valence-corrected chi connectivity index (χ1v) is 10.2. The van der Waals surface area contributed by atoms with Crippen molar-refractivity contribution >= 4 is 17.7 Å². The fraction of sp³-hybridized carbons (Fsp3) is 0.136. The molecule has 6 nitrogen and oxygen atoms in total. The zero-order chi connectivity index (χ0) is 19.9. The second-order valence-corrected chi connectivity index (χ2v) is 7.38. The first kappa shape index (κ1) is 19.0. The first-order valence-electron chi connectivity index (χ1n) is 9.22. The van der Waals surface area contributed by atoms with E-state index in [4.69, 9.17) is 4.42 Å². The number of thioether (sulfide) groups is 1. The highest BCUT2D eigenvalue weighted by Gasteiger charge is 2.17. The van der Waals surface area contributed by atoms with Crippen LogP contribution in [-0.4, -0.2) is 31.7 Å². The van der Waals surface area contributed by atoms with Crippen LogP contribution in [0, 0.1) is 0 Å². The lowest BCUT2D eigenvalue weighted by Crippen LogP contribution is -2.31. The maximum atomic E-state index is 12.9. The van der Waals surface area contributed by atoms with Crippen molar-refractivity contribution in [3.63, 3.8) is 0 Å². The van der Waals surface area contributed by atoms with Crippen LogP contribution in [0.15, 0.2) is 88.6 Å². The molecule has 0 bridgehead atoms. The molecule has 0 fully saturated rings. The third-order valence-electron chi connectivity index (χ3n) is 4.33. The van der Waals surface area contributed by atoms with Crippen molar-refractivity contribution in [2.24, 2.45) is 0 Å². The second-order valence-electron chi connectivity index (χ2n) is 6.44. The van der Waals surface area contributed by atoms with E-state index < -0.39 is 0 Å². The molecule has 29 heavy (non-hydrogen) atoms. The number of carbonyl (C=O) groups excluding carboxylic acids is 1. The number of aromatic nitrogens is 3. The molecule has 7 heteroatoms. The Bertz CT molecular complexity index is 1030. The van der Waals surface area contributed by atoms with Crippen LogP contribution in [0.25, 0.3) is 11.4 Å². The summed E-state index contributed by atoms with van der Waals surface area (Å²) in [5, 5.41) is 7.70. The summed E-state index contributed by atoms with van der Waals surface area (Å²) in [5.74, 6) is 1.70. The molecule has 1 N–H and O–H groups in total. The van der Waals surface area contributed by atoms with Gasteiger partial charge >= 0.3 is 0 Å². The topological polar surface area (TPSA) is 75.0 Å². The molecule has 0 atom stereocenters. The normalized spacial score (nSPS) is 10.8. The molecule has 146 valence electrons. The van der Waals surface area contributed by atoms with Crippen molar-refractivity contribution in [3.8, 4) is 11.4 Å². The number of rotatable bonds is 8. The minimum Gasteiger partial charge on any atom is -0.467 e. The number of hydrogen-bond acceptors (Lipinski definition) is 5. The Morgan fingerprint density at radius 1 is 0.966 bits per heavy atom. The summed E-state index contributed by atoms with van der Waals surface area (Å²) in [6, 6.07) is 23.4. The quantitative estimate of drug-likeness (QED) is 0.441. The van der Waals surface area contributed by atoms with Gasteiger partial charge in [-0.05, 0) is 17.7 Å². The number of hydrogen-bond donors (Lipinski definition) is 1. The Balaban J connectivity index is 1.41. The van der Waals surface area contributed by atoms with Crippen molar-refractivity contribution in [2.45, 2.75) is 18.2 Å². The van der Waals surface area contributed by atoms with Gasteiger partial charge in [-0.15, -0.1) is 5.10 Å². The van der Waals surface area contributed by atoms with E-state index in [1.807, 2.05) is 72.8 Å². The molecule has 0 saturated carbocycles. The van der Waals surface area contributed by atoms with E-state index >= 15 is 0 Å². The Kier molecular flexibility index (Phi) is 6.07. The number of furan rings is 1. The molecule has 2 aromatic carbocycles. The SMILES string of the molecule is O=C(CSc1n[nH]c(-c2ccccc2)n1)N(Cc1ccccc1)Cc1ccco1. The number of benzene rings is 2. The Morgan fingerprint density at radius 3 is 2.45 bits per heavy atom. The first-order chi connectivity index (χ1) is 14.3. The minimum absolute atomic E-state index is 0.00122. The maximum Gasteiger partial charge on any atom is 0.233 e. The number of nitrogens with zero attached hydrogens (tertiary/aromatic N) is 3. The maximum absolute atomic E-state index is 12.9. The summed E-state index contributed by atoms with van der Waals surface area (Å²) < 4.78 is 5.44. The molecule has 0 aliphatic rings. The molecule has 0 radical (unpaired) electrons. The van der Waals surface area contributed by atoms with E-state index in [1.165, 1.54) is 11.8 Å². The predicted molar refractivity (Wildman–Crippen MR) is 112 cm³/mol. The van der Waals surface area contributed by atoms with E-state index in [9.17, 15) is 4.79 Å². The molecule has 2 heterocycles. The summed E-state index contributed by atoms with van der Waals surface area (Å²) >= 11 is 1.32. The third kappa shape index (κ3) is 5.14. The fourth-order valence-corrected chi connectivity index (χ4v) is 3.58. The average molecular weight is 404 g/mol. The lowest BCUT2D eigenvalue weighted by atomic mass is 10.2. The lowest BCUT2D eigenvalue weighted by molar-refractivity contribution is -0.129. The van der Waals surface area contributed by atoms with Gasteiger partial charge in [-0.1, -0.05) is 72.4 Å². The van der Waals surface area contributed by atoms with Gasteiger partial charge in [-0.2, -0.15) is 0 Å². The van der Waals surface area contributed by atoms with Gasteiger partial charge in [0.25, 0.3) is 0 Å². The molecule has 1 amide bonds. The molecule has 0 aliphatic heterocycles. The summed E-state index contributed by atoms with van der Waals surface area (Å²) in [6.45, 7) is 0.939. The summed E-state index contributed by atoms with van der Waals surface area (Å²) in [5.41, 5.74) is 2.03. The highest BCUT2D eigenvalue weighted by molar-refractivity contribution is 7.99. The summed E-state index contributed by atoms with van der Waals surface area (Å²) in [4.78, 5) is 19.2. The van der Waals surface area contributed by atoms with Gasteiger partial charge in [-0.3, -0.25) is 9.89 Å². The van der Waals surface area contributed by atoms with Crippen molar-refractivity contribution < 1.29 is 9.21 Å². The van der Waals surface area contributed by atoms with E-state index in [1.54, 1.807) is 11.2 Å². The van der Waals surface area contributed by atoms with Crippen LogP contribution in [0.5, 0.6) is 0 Å². The van der Waals surface area contributed by atoms with Crippen molar-refractivity contribution in [1.29, 1.82) is 0 Å². The van der Waals surface area contributed by atoms with Crippen LogP contribution in [0.1, 0.15) is 11.3 Å². The number of amides is 1. The van der Waals surface area contributed by atoms with E-state index in [0.717, 1.165) is 16.9 Å². The highest BCUT2D eigenvalue weighted by Crippen LogP contribution is 2.20. The van der Waals surface area contributed by atoms with E-state index in [2.05, 4.69) is 15.2 Å². The zero-order valence-electron chi connectivity index (χ0n) is 15.7. The van der Waals surface area contributed by atoms with Gasteiger partial charge in [0.15, 0.2) is 5.82 Å². The Labute approximate surface area is 173 Å². The van der Waals surface area contributed by atoms with Crippen LogP contribution < -0.4 is 0 Å². The van der Waals surface area contributed by atoms with Crippen LogP contribution >= 0.6 is 11.8 Å². The fourth-order valence-electron chi connectivity index (χ4n) is 2.88. The largest absolute Gasteiger partial charge is 0.467 e. The molecule has 0 unspecified atom stereocenters. The van der Waals surface area contributed by atoms with Crippen molar-refractivity contribution in [1.82, 2.24) is 20.1 Å². The van der Waals surface area contributed by atoms with Gasteiger partial charge in [0.1, 0.15) is 5.76 Å². The molecule has 4 aromatic rings. The Hall–Kier alpha value is -3.32. The summed E-state index contributed by atoms with van der Waals surface area (Å²) in [7, 11) is 0. The van der Waals surface area contributed by atoms with Gasteiger partial charge in [-0.25, -0.2) is 4.98 Å². The molecular formula is C22H20N4O2S. The highest BCUT2D eigenvalue weighted by atomic mass is 32.2. The number of nitrogens with one attached hydrogen (secondary N) is 1. The molecule has 0 saturated heterocycles. The number of carbonyl (C=O) groups is 1. The van der Waals surface area contributed by atoms with E-state index in [-0.39, 0.29) is 11.7 Å². The second kappa shape index (κ2) is 9.25. The average Bonchev–Trinajstić information content (AvgIpc) is 3.45. The van der Waals surface area contributed by atoms with Gasteiger partial charge in [0.05, 0.1) is 18.6 Å². The van der Waals surface area contributed by atoms with Crippen molar-refractivity contribution in [3.05, 3.63) is 90.4 Å². The molecule has 2 aromatic heterocycles. The van der Waals surface area contributed by atoms with Crippen LogP contribution in [0.4, 0.5) is 0 Å². The number of H-pyrrole nitrogens is 1. The monoisotopic (exact) mass is 404 g/mol. The summed E-state index contributed by atoms with van der Waals surface area (Å²) in [6.07, 6.45) is 1.62. The standard InChI is InChI=1S/C22H20N4O2S/c27-20(16-29-22-23-21(24-25-22)18-10-5-2-6-11-18)26(15-19-12-7-13-28-19)14-17-8-3-1-4-9-17/h1-13H,14-16H2,(H,23,24,25). The van der Waals surface area contributed by atoms with Gasteiger partial charge in [0.2, 0.25) is 11.1 Å². The van der Waals surface area contributed by atoms with Crippen LogP contribution in [-0.2, 0) is 17.9 Å². The zero-order valence-corrected chi connectivity index (χ0v) is 16.5. The van der Waals surface area contributed by atoms with Crippen molar-refractivity contribution in [2.75, 3.05) is 5.75 Å². The molecule has 0 spiro atoms. The molecule has 4 rings (SSSR count). The van der Waals surface area contributed by atoms with Crippen LogP contribution in [0.3, 0.4) is 0 Å². The lowest BCUT2D eigenvalue weighted by Gasteiger charge is -2.21. The third-order valence-corrected chi connectivity index (χ3v) is 5.16. The smallest absolute Gasteiger partial charge is 0.233 e. The van der Waals surface area contributed by atoms with Gasteiger partial charge in [0, 0.05) is 12.1 Å². The predicted octanol–water partition coefficient (Wildman–Crippen LogP) is 4.39.